The van der Waals surface area contributed by atoms with E-state index in [4.69, 9.17) is 11.6 Å². The molecule has 6 heteroatoms. The highest BCUT2D eigenvalue weighted by molar-refractivity contribution is 8.01. The molecule has 0 atom stereocenters. The number of thioether (sulfide) groups is 1. The molecule has 0 saturated carbocycles. The van der Waals surface area contributed by atoms with Crippen molar-refractivity contribution >= 4 is 68.7 Å². The largest absolute Gasteiger partial charge is 0.134 e. The van der Waals surface area contributed by atoms with Crippen molar-refractivity contribution in [2.75, 3.05) is 5.75 Å². The van der Waals surface area contributed by atoms with Crippen LogP contribution in [-0.2, 0) is 0 Å². The quantitative estimate of drug-likeness (QED) is 0.169. The maximum absolute atomic E-state index is 6.09. The zero-order valence-corrected chi connectivity index (χ0v) is 20.4. The number of hydrogen-bond donors (Lipinski definition) is 0. The highest BCUT2D eigenvalue weighted by atomic mass is 35.5. The van der Waals surface area contributed by atoms with Gasteiger partial charge in [0.15, 0.2) is 0 Å². The first-order valence-electron chi connectivity index (χ1n) is 9.41. The van der Waals surface area contributed by atoms with Crippen LogP contribution in [0.15, 0.2) is 52.7 Å². The minimum absolute atomic E-state index is 0.847. The molecule has 4 rings (SSSR count). The Morgan fingerprint density at radius 2 is 1.18 bits per heavy atom. The van der Waals surface area contributed by atoms with E-state index in [0.29, 0.717) is 0 Å². The van der Waals surface area contributed by atoms with Crippen molar-refractivity contribution in [2.24, 2.45) is 0 Å². The van der Waals surface area contributed by atoms with Crippen LogP contribution in [0.3, 0.4) is 0 Å². The molecule has 0 N–H and O–H groups in total. The average Bonchev–Trinajstić information content (AvgIpc) is 3.46. The van der Waals surface area contributed by atoms with Gasteiger partial charge in [0.05, 0.1) is 8.55 Å². The summed E-state index contributed by atoms with van der Waals surface area (Å²) in [6.07, 6.45) is 5.35. The van der Waals surface area contributed by atoms with E-state index in [1.54, 1.807) is 11.3 Å². The van der Waals surface area contributed by atoms with E-state index in [0.717, 1.165) is 4.34 Å². The lowest BCUT2D eigenvalue weighted by Crippen LogP contribution is -1.78. The van der Waals surface area contributed by atoms with Crippen molar-refractivity contribution in [3.8, 4) is 29.3 Å². The van der Waals surface area contributed by atoms with Crippen molar-refractivity contribution in [1.82, 2.24) is 0 Å². The van der Waals surface area contributed by atoms with Crippen molar-refractivity contribution in [2.45, 2.75) is 36.8 Å². The summed E-state index contributed by atoms with van der Waals surface area (Å²) in [4.78, 5) is 7.96. The maximum atomic E-state index is 6.09. The molecular formula is C22H21ClS5. The molecule has 28 heavy (non-hydrogen) atoms. The first kappa shape index (κ1) is 20.7. The van der Waals surface area contributed by atoms with Crippen LogP contribution in [0.1, 0.15) is 32.6 Å². The summed E-state index contributed by atoms with van der Waals surface area (Å²) in [7, 11) is 0. The van der Waals surface area contributed by atoms with Gasteiger partial charge in [0.1, 0.15) is 0 Å². The lowest BCUT2D eigenvalue weighted by molar-refractivity contribution is 0.706. The fourth-order valence-corrected chi connectivity index (χ4v) is 8.42. The molecule has 0 saturated heterocycles. The van der Waals surface area contributed by atoms with E-state index in [2.05, 4.69) is 49.4 Å². The Hall–Kier alpha value is -0.560. The van der Waals surface area contributed by atoms with Gasteiger partial charge >= 0.3 is 0 Å². The van der Waals surface area contributed by atoms with Crippen LogP contribution in [0, 0.1) is 0 Å². The van der Waals surface area contributed by atoms with E-state index < -0.39 is 0 Å². The van der Waals surface area contributed by atoms with Crippen LogP contribution in [0.5, 0.6) is 0 Å². The molecule has 146 valence electrons. The molecule has 0 unspecified atom stereocenters. The van der Waals surface area contributed by atoms with E-state index in [-0.39, 0.29) is 0 Å². The van der Waals surface area contributed by atoms with Crippen molar-refractivity contribution < 1.29 is 0 Å². The fraction of sp³-hybridized carbons (Fsp3) is 0.273. The SMILES string of the molecule is CCCCCCSc1ccc(-c2ccc(-c3ccc(-c4ccc(Cl)s4)s3)s2)s1. The Bertz CT molecular complexity index is 1020. The second-order valence-electron chi connectivity index (χ2n) is 6.46. The van der Waals surface area contributed by atoms with Gasteiger partial charge in [0.25, 0.3) is 0 Å². The molecule has 0 spiro atoms. The third kappa shape index (κ3) is 5.13. The summed E-state index contributed by atoms with van der Waals surface area (Å²) in [5.74, 6) is 1.24. The summed E-state index contributed by atoms with van der Waals surface area (Å²) < 4.78 is 2.29. The molecule has 0 fully saturated rings. The van der Waals surface area contributed by atoms with Crippen LogP contribution in [0.25, 0.3) is 29.3 Å². The Morgan fingerprint density at radius 1 is 0.643 bits per heavy atom. The maximum Gasteiger partial charge on any atom is 0.0935 e. The number of hydrogen-bond acceptors (Lipinski definition) is 5. The van der Waals surface area contributed by atoms with Crippen molar-refractivity contribution in [1.29, 1.82) is 0 Å². The normalized spacial score (nSPS) is 11.4. The second-order valence-corrected chi connectivity index (χ2v) is 12.8. The number of unbranched alkanes of at least 4 members (excludes halogenated alkanes) is 3. The van der Waals surface area contributed by atoms with Gasteiger partial charge in [-0.05, 0) is 60.7 Å². The van der Waals surface area contributed by atoms with E-state index in [1.165, 1.54) is 64.9 Å². The molecule has 4 aromatic rings. The fourth-order valence-electron chi connectivity index (χ4n) is 2.88. The second kappa shape index (κ2) is 9.96. The monoisotopic (exact) mass is 480 g/mol. The van der Waals surface area contributed by atoms with Crippen LogP contribution in [0.2, 0.25) is 4.34 Å². The third-order valence-electron chi connectivity index (χ3n) is 4.34. The van der Waals surface area contributed by atoms with E-state index in [1.807, 2.05) is 51.8 Å². The molecular weight excluding hydrogens is 460 g/mol. The average molecular weight is 481 g/mol. The van der Waals surface area contributed by atoms with E-state index in [9.17, 15) is 0 Å². The first-order chi connectivity index (χ1) is 13.7. The van der Waals surface area contributed by atoms with Gasteiger partial charge in [-0.1, -0.05) is 37.8 Å². The molecule has 0 aliphatic carbocycles. The van der Waals surface area contributed by atoms with Crippen LogP contribution < -0.4 is 0 Å². The summed E-state index contributed by atoms with van der Waals surface area (Å²) in [6, 6.07) is 17.6. The standard InChI is InChI=1S/C22H21ClS5/c1-2-3-4-5-14-24-22-13-11-20(28-22)18-9-7-16(26-18)15-6-8-17(25-15)19-10-12-21(23)27-19/h6-13H,2-5,14H2,1H3. The molecule has 0 amide bonds. The van der Waals surface area contributed by atoms with Gasteiger partial charge in [-0.25, -0.2) is 0 Å². The number of halogens is 1. The summed E-state index contributed by atoms with van der Waals surface area (Å²) >= 11 is 15.4. The Balaban J connectivity index is 1.41. The van der Waals surface area contributed by atoms with E-state index >= 15 is 0 Å². The lowest BCUT2D eigenvalue weighted by atomic mass is 10.2. The molecule has 0 aromatic carbocycles. The Morgan fingerprint density at radius 3 is 1.75 bits per heavy atom. The van der Waals surface area contributed by atoms with Crippen LogP contribution >= 0.6 is 68.7 Å². The zero-order chi connectivity index (χ0) is 19.3. The zero-order valence-electron chi connectivity index (χ0n) is 15.6. The Labute approximate surface area is 192 Å². The minimum Gasteiger partial charge on any atom is -0.134 e. The minimum atomic E-state index is 0.847. The summed E-state index contributed by atoms with van der Waals surface area (Å²) in [5.41, 5.74) is 0. The molecule has 0 radical (unpaired) electrons. The molecule has 0 aliphatic heterocycles. The smallest absolute Gasteiger partial charge is 0.0935 e. The van der Waals surface area contributed by atoms with Crippen molar-refractivity contribution in [3.05, 3.63) is 52.9 Å². The van der Waals surface area contributed by atoms with Gasteiger partial charge in [0, 0.05) is 29.3 Å². The predicted molar refractivity (Wildman–Crippen MR) is 134 cm³/mol. The topological polar surface area (TPSA) is 0 Å². The molecule has 0 aliphatic rings. The predicted octanol–water partition coefficient (Wildman–Crippen LogP) is 10.3. The first-order valence-corrected chi connectivity index (χ1v) is 14.0. The van der Waals surface area contributed by atoms with Gasteiger partial charge < -0.3 is 0 Å². The Kier molecular flexibility index (Phi) is 7.37. The third-order valence-corrected chi connectivity index (χ3v) is 10.7. The number of rotatable bonds is 9. The lowest BCUT2D eigenvalue weighted by Gasteiger charge is -1.98. The molecule has 0 bridgehead atoms. The molecule has 0 nitrogen and oxygen atoms in total. The van der Waals surface area contributed by atoms with Crippen molar-refractivity contribution in [3.63, 3.8) is 0 Å². The number of thiophene rings is 4. The summed E-state index contributed by atoms with van der Waals surface area (Å²) in [6.45, 7) is 2.27. The molecule has 4 heterocycles. The summed E-state index contributed by atoms with van der Waals surface area (Å²) in [5, 5.41) is 0. The van der Waals surface area contributed by atoms with Gasteiger partial charge in [-0.15, -0.1) is 57.1 Å². The van der Waals surface area contributed by atoms with Gasteiger partial charge in [0.2, 0.25) is 0 Å². The van der Waals surface area contributed by atoms with Crippen LogP contribution in [0.4, 0.5) is 0 Å². The highest BCUT2D eigenvalue weighted by Crippen LogP contribution is 2.44. The van der Waals surface area contributed by atoms with Crippen LogP contribution in [-0.4, -0.2) is 5.75 Å². The highest BCUT2D eigenvalue weighted by Gasteiger charge is 2.11. The van der Waals surface area contributed by atoms with Gasteiger partial charge in [-0.2, -0.15) is 0 Å². The van der Waals surface area contributed by atoms with Gasteiger partial charge in [-0.3, -0.25) is 0 Å². The molecule has 4 aromatic heterocycles.